The van der Waals surface area contributed by atoms with Gasteiger partial charge in [0.1, 0.15) is 12.7 Å². The van der Waals surface area contributed by atoms with Crippen molar-refractivity contribution in [3.8, 4) is 11.5 Å². The van der Waals surface area contributed by atoms with Gasteiger partial charge >= 0.3 is 0 Å². The largest absolute Gasteiger partial charge is 0.486 e. The summed E-state index contributed by atoms with van der Waals surface area (Å²) in [6.07, 6.45) is 6.80. The third-order valence-electron chi connectivity index (χ3n) is 5.66. The molecule has 132 valence electrons. The standard InChI is InChI=1S/C20H30N2O2/c1-2-9-22(12-15-10-16-7-8-17(11-15)21-16)13-18-14-23-19-5-3-4-6-20(19)24-18/h3-6,15-18,21H,2,7-14H2,1H3/t15?,16-,17+,18?. The first-order chi connectivity index (χ1) is 11.8. The summed E-state index contributed by atoms with van der Waals surface area (Å²) in [4.78, 5) is 2.61. The summed E-state index contributed by atoms with van der Waals surface area (Å²) in [6.45, 7) is 6.27. The Morgan fingerprint density at radius 1 is 1.08 bits per heavy atom. The van der Waals surface area contributed by atoms with Crippen molar-refractivity contribution in [2.24, 2.45) is 5.92 Å². The molecule has 4 rings (SSSR count). The van der Waals surface area contributed by atoms with E-state index in [4.69, 9.17) is 9.47 Å². The number of rotatable bonds is 6. The Labute approximate surface area is 145 Å². The smallest absolute Gasteiger partial charge is 0.161 e. The minimum Gasteiger partial charge on any atom is -0.486 e. The molecule has 3 aliphatic rings. The average Bonchev–Trinajstić information content (AvgIpc) is 2.93. The van der Waals surface area contributed by atoms with E-state index in [9.17, 15) is 0 Å². The molecule has 0 saturated carbocycles. The highest BCUT2D eigenvalue weighted by Gasteiger charge is 2.34. The zero-order chi connectivity index (χ0) is 16.4. The van der Waals surface area contributed by atoms with E-state index < -0.39 is 0 Å². The van der Waals surface area contributed by atoms with E-state index in [1.807, 2.05) is 24.3 Å². The second-order valence-corrected chi connectivity index (χ2v) is 7.73. The van der Waals surface area contributed by atoms with Gasteiger partial charge in [0, 0.05) is 25.2 Å². The highest BCUT2D eigenvalue weighted by molar-refractivity contribution is 5.40. The van der Waals surface area contributed by atoms with Crippen LogP contribution in [0.4, 0.5) is 0 Å². The number of ether oxygens (including phenoxy) is 2. The Balaban J connectivity index is 1.34. The number of para-hydroxylation sites is 2. The Bertz CT molecular complexity index is 538. The number of nitrogens with zero attached hydrogens (tertiary/aromatic N) is 1. The fourth-order valence-corrected chi connectivity index (χ4v) is 4.70. The Kier molecular flexibility index (Phi) is 4.95. The summed E-state index contributed by atoms with van der Waals surface area (Å²) in [5.41, 5.74) is 0. The monoisotopic (exact) mass is 330 g/mol. The zero-order valence-electron chi connectivity index (χ0n) is 14.7. The maximum Gasteiger partial charge on any atom is 0.161 e. The van der Waals surface area contributed by atoms with Gasteiger partial charge in [0.15, 0.2) is 11.5 Å². The van der Waals surface area contributed by atoms with Gasteiger partial charge in [0.2, 0.25) is 0 Å². The lowest BCUT2D eigenvalue weighted by molar-refractivity contribution is 0.0509. The van der Waals surface area contributed by atoms with Crippen LogP contribution in [0.3, 0.4) is 0 Å². The summed E-state index contributed by atoms with van der Waals surface area (Å²) in [7, 11) is 0. The van der Waals surface area contributed by atoms with Gasteiger partial charge in [-0.1, -0.05) is 19.1 Å². The molecule has 1 aromatic carbocycles. The van der Waals surface area contributed by atoms with Crippen molar-refractivity contribution in [1.29, 1.82) is 0 Å². The average molecular weight is 330 g/mol. The molecule has 24 heavy (non-hydrogen) atoms. The lowest BCUT2D eigenvalue weighted by atomic mass is 9.92. The predicted octanol–water partition coefficient (Wildman–Crippen LogP) is 3.07. The van der Waals surface area contributed by atoms with Crippen LogP contribution in [0.25, 0.3) is 0 Å². The van der Waals surface area contributed by atoms with Gasteiger partial charge in [0.05, 0.1) is 0 Å². The number of nitrogens with one attached hydrogen (secondary N) is 1. The van der Waals surface area contributed by atoms with Gasteiger partial charge in [-0.2, -0.15) is 0 Å². The summed E-state index contributed by atoms with van der Waals surface area (Å²) in [6, 6.07) is 9.56. The van der Waals surface area contributed by atoms with Gasteiger partial charge in [-0.05, 0) is 56.7 Å². The molecule has 2 fully saturated rings. The molecular formula is C20H30N2O2. The SMILES string of the molecule is CCCN(CC1C[C@H]2CC[C@@H](C1)N2)CC1COc2ccccc2O1. The van der Waals surface area contributed by atoms with Crippen LogP contribution in [0.15, 0.2) is 24.3 Å². The predicted molar refractivity (Wildman–Crippen MR) is 95.8 cm³/mol. The van der Waals surface area contributed by atoms with Crippen molar-refractivity contribution in [3.05, 3.63) is 24.3 Å². The first-order valence-corrected chi connectivity index (χ1v) is 9.67. The molecule has 0 radical (unpaired) electrons. The Morgan fingerprint density at radius 2 is 1.83 bits per heavy atom. The van der Waals surface area contributed by atoms with Crippen LogP contribution in [-0.4, -0.2) is 49.3 Å². The quantitative estimate of drug-likeness (QED) is 0.869. The normalized spacial score (nSPS) is 31.4. The van der Waals surface area contributed by atoms with E-state index >= 15 is 0 Å². The molecule has 2 saturated heterocycles. The molecule has 0 aromatic heterocycles. The van der Waals surface area contributed by atoms with Crippen LogP contribution >= 0.6 is 0 Å². The minimum atomic E-state index is 0.143. The third-order valence-corrected chi connectivity index (χ3v) is 5.66. The molecule has 3 aliphatic heterocycles. The second kappa shape index (κ2) is 7.32. The third kappa shape index (κ3) is 3.70. The molecular weight excluding hydrogens is 300 g/mol. The van der Waals surface area contributed by atoms with Crippen LogP contribution in [-0.2, 0) is 0 Å². The molecule has 2 bridgehead atoms. The summed E-state index contributed by atoms with van der Waals surface area (Å²) >= 11 is 0. The maximum absolute atomic E-state index is 6.17. The van der Waals surface area contributed by atoms with Gasteiger partial charge in [0.25, 0.3) is 0 Å². The number of benzene rings is 1. The van der Waals surface area contributed by atoms with Crippen LogP contribution in [0.2, 0.25) is 0 Å². The molecule has 0 spiro atoms. The van der Waals surface area contributed by atoms with Crippen molar-refractivity contribution in [2.45, 2.75) is 57.2 Å². The van der Waals surface area contributed by atoms with Crippen LogP contribution in [0.5, 0.6) is 11.5 Å². The summed E-state index contributed by atoms with van der Waals surface area (Å²) in [5, 5.41) is 3.75. The zero-order valence-corrected chi connectivity index (χ0v) is 14.7. The lowest BCUT2D eigenvalue weighted by Gasteiger charge is -2.36. The first-order valence-electron chi connectivity index (χ1n) is 9.67. The molecule has 2 unspecified atom stereocenters. The first kappa shape index (κ1) is 16.2. The topological polar surface area (TPSA) is 33.7 Å². The Hall–Kier alpha value is -1.26. The second-order valence-electron chi connectivity index (χ2n) is 7.73. The Morgan fingerprint density at radius 3 is 2.58 bits per heavy atom. The summed E-state index contributed by atoms with van der Waals surface area (Å²) < 4.78 is 12.1. The van der Waals surface area contributed by atoms with E-state index in [-0.39, 0.29) is 6.10 Å². The van der Waals surface area contributed by atoms with Gasteiger partial charge in [-0.25, -0.2) is 0 Å². The molecule has 1 aromatic rings. The molecule has 0 amide bonds. The molecule has 1 N–H and O–H groups in total. The van der Waals surface area contributed by atoms with E-state index in [0.717, 1.165) is 42.6 Å². The lowest BCUT2D eigenvalue weighted by Crippen LogP contribution is -2.46. The molecule has 0 aliphatic carbocycles. The van der Waals surface area contributed by atoms with E-state index in [1.54, 1.807) is 0 Å². The highest BCUT2D eigenvalue weighted by Crippen LogP contribution is 2.33. The molecule has 4 nitrogen and oxygen atoms in total. The minimum absolute atomic E-state index is 0.143. The van der Waals surface area contributed by atoms with Crippen LogP contribution in [0.1, 0.15) is 39.0 Å². The highest BCUT2D eigenvalue weighted by atomic mass is 16.6. The van der Waals surface area contributed by atoms with Gasteiger partial charge in [-0.15, -0.1) is 0 Å². The fourth-order valence-electron chi connectivity index (χ4n) is 4.70. The molecule has 4 heteroatoms. The van der Waals surface area contributed by atoms with Crippen LogP contribution < -0.4 is 14.8 Å². The summed E-state index contributed by atoms with van der Waals surface area (Å²) in [5.74, 6) is 2.61. The van der Waals surface area contributed by atoms with Crippen molar-refractivity contribution in [3.63, 3.8) is 0 Å². The van der Waals surface area contributed by atoms with E-state index in [0.29, 0.717) is 6.61 Å². The van der Waals surface area contributed by atoms with Crippen molar-refractivity contribution in [2.75, 3.05) is 26.2 Å². The maximum atomic E-state index is 6.17. The number of piperidine rings is 1. The number of hydrogen-bond acceptors (Lipinski definition) is 4. The van der Waals surface area contributed by atoms with Crippen molar-refractivity contribution < 1.29 is 9.47 Å². The van der Waals surface area contributed by atoms with Crippen molar-refractivity contribution in [1.82, 2.24) is 10.2 Å². The van der Waals surface area contributed by atoms with Gasteiger partial charge in [-0.3, -0.25) is 4.90 Å². The van der Waals surface area contributed by atoms with E-state index in [2.05, 4.69) is 17.1 Å². The molecule has 4 atom stereocenters. The number of hydrogen-bond donors (Lipinski definition) is 1. The fraction of sp³-hybridized carbons (Fsp3) is 0.700. The van der Waals surface area contributed by atoms with Crippen molar-refractivity contribution >= 4 is 0 Å². The molecule has 3 heterocycles. The van der Waals surface area contributed by atoms with E-state index in [1.165, 1.54) is 38.6 Å². The number of fused-ring (bicyclic) bond motifs is 3. The van der Waals surface area contributed by atoms with Crippen LogP contribution in [0, 0.1) is 5.92 Å². The van der Waals surface area contributed by atoms with Gasteiger partial charge < -0.3 is 14.8 Å².